The maximum absolute atomic E-state index is 13.2. The van der Waals surface area contributed by atoms with Crippen molar-refractivity contribution in [3.8, 4) is 0 Å². The Labute approximate surface area is 86.7 Å². The summed E-state index contributed by atoms with van der Waals surface area (Å²) in [6, 6.07) is 2.74. The molecular weight excluding hydrogens is 195 g/mol. The van der Waals surface area contributed by atoms with E-state index in [0.29, 0.717) is 34.3 Å². The summed E-state index contributed by atoms with van der Waals surface area (Å²) in [5.41, 5.74) is 1.79. The average molecular weight is 206 g/mol. The largest absolute Gasteiger partial charge is 0.460 e. The first-order valence-electron chi connectivity index (χ1n) is 4.84. The molecule has 2 aromatic rings. The number of rotatable bonds is 2. The molecule has 1 aromatic carbocycles. The zero-order valence-corrected chi connectivity index (χ0v) is 8.63. The number of aryl methyl sites for hydroxylation is 2. The van der Waals surface area contributed by atoms with Crippen LogP contribution in [0.15, 0.2) is 16.5 Å². The smallest absolute Gasteiger partial charge is 0.154 e. The van der Waals surface area contributed by atoms with E-state index in [1.54, 1.807) is 6.92 Å². The molecule has 0 saturated carbocycles. The van der Waals surface area contributed by atoms with Crippen molar-refractivity contribution in [1.29, 1.82) is 0 Å². The number of aldehydes is 1. The van der Waals surface area contributed by atoms with E-state index in [0.717, 1.165) is 6.29 Å². The topological polar surface area (TPSA) is 30.2 Å². The number of benzene rings is 1. The number of furan rings is 1. The summed E-state index contributed by atoms with van der Waals surface area (Å²) >= 11 is 0. The van der Waals surface area contributed by atoms with Crippen LogP contribution in [0.4, 0.5) is 4.39 Å². The molecule has 0 amide bonds. The van der Waals surface area contributed by atoms with Crippen LogP contribution >= 0.6 is 0 Å². The summed E-state index contributed by atoms with van der Waals surface area (Å²) in [5.74, 6) is 0.278. The van der Waals surface area contributed by atoms with Crippen molar-refractivity contribution in [1.82, 2.24) is 0 Å². The predicted octanol–water partition coefficient (Wildman–Crippen LogP) is 3.26. The Balaban J connectivity index is 2.88. The molecule has 1 heterocycles. The molecular formula is C12H11FO2. The Kier molecular flexibility index (Phi) is 2.31. The van der Waals surface area contributed by atoms with Gasteiger partial charge in [-0.2, -0.15) is 0 Å². The van der Waals surface area contributed by atoms with Crippen LogP contribution in [-0.4, -0.2) is 6.29 Å². The van der Waals surface area contributed by atoms with Gasteiger partial charge in [0.15, 0.2) is 6.29 Å². The SMILES string of the molecule is CCc1oc2c(C)cc(F)cc2c1C=O. The van der Waals surface area contributed by atoms with Crippen molar-refractivity contribution in [2.24, 2.45) is 0 Å². The highest BCUT2D eigenvalue weighted by molar-refractivity contribution is 5.98. The molecule has 2 rings (SSSR count). The van der Waals surface area contributed by atoms with Crippen molar-refractivity contribution in [3.05, 3.63) is 34.8 Å². The maximum atomic E-state index is 13.2. The molecule has 0 N–H and O–H groups in total. The summed E-state index contributed by atoms with van der Waals surface area (Å²) in [5, 5.41) is 0.569. The van der Waals surface area contributed by atoms with Crippen molar-refractivity contribution < 1.29 is 13.6 Å². The summed E-state index contributed by atoms with van der Waals surface area (Å²) in [6.07, 6.45) is 1.35. The van der Waals surface area contributed by atoms with Gasteiger partial charge in [0, 0.05) is 11.8 Å². The number of hydrogen-bond donors (Lipinski definition) is 0. The molecule has 0 bridgehead atoms. The van der Waals surface area contributed by atoms with E-state index in [9.17, 15) is 9.18 Å². The fourth-order valence-electron chi connectivity index (χ4n) is 1.79. The van der Waals surface area contributed by atoms with Gasteiger partial charge in [-0.15, -0.1) is 0 Å². The first-order valence-corrected chi connectivity index (χ1v) is 4.84. The summed E-state index contributed by atoms with van der Waals surface area (Å²) in [4.78, 5) is 10.9. The Morgan fingerprint density at radius 1 is 1.47 bits per heavy atom. The van der Waals surface area contributed by atoms with E-state index in [-0.39, 0.29) is 5.82 Å². The van der Waals surface area contributed by atoms with Gasteiger partial charge in [0.25, 0.3) is 0 Å². The third-order valence-corrected chi connectivity index (χ3v) is 2.49. The van der Waals surface area contributed by atoms with Gasteiger partial charge in [0.05, 0.1) is 5.56 Å². The first kappa shape index (κ1) is 9.90. The van der Waals surface area contributed by atoms with Gasteiger partial charge in [0.1, 0.15) is 17.2 Å². The predicted molar refractivity (Wildman–Crippen MR) is 55.7 cm³/mol. The zero-order chi connectivity index (χ0) is 11.0. The first-order chi connectivity index (χ1) is 7.17. The lowest BCUT2D eigenvalue weighted by Gasteiger charge is -1.94. The Morgan fingerprint density at radius 2 is 2.20 bits per heavy atom. The van der Waals surface area contributed by atoms with Gasteiger partial charge in [-0.05, 0) is 24.6 Å². The molecule has 0 unspecified atom stereocenters. The Bertz CT molecular complexity index is 526. The number of hydrogen-bond acceptors (Lipinski definition) is 2. The zero-order valence-electron chi connectivity index (χ0n) is 8.63. The molecule has 3 heteroatoms. The van der Waals surface area contributed by atoms with E-state index in [1.807, 2.05) is 6.92 Å². The van der Waals surface area contributed by atoms with E-state index in [1.165, 1.54) is 12.1 Å². The lowest BCUT2D eigenvalue weighted by molar-refractivity contribution is 0.112. The van der Waals surface area contributed by atoms with E-state index >= 15 is 0 Å². The summed E-state index contributed by atoms with van der Waals surface area (Å²) in [7, 11) is 0. The van der Waals surface area contributed by atoms with Gasteiger partial charge in [-0.3, -0.25) is 4.79 Å². The third-order valence-electron chi connectivity index (χ3n) is 2.49. The molecule has 0 saturated heterocycles. The average Bonchev–Trinajstić information content (AvgIpc) is 2.55. The molecule has 0 aliphatic heterocycles. The molecule has 0 fully saturated rings. The highest BCUT2D eigenvalue weighted by Crippen LogP contribution is 2.28. The molecule has 0 spiro atoms. The van der Waals surface area contributed by atoms with Crippen molar-refractivity contribution in [2.75, 3.05) is 0 Å². The number of carbonyl (C=O) groups is 1. The maximum Gasteiger partial charge on any atom is 0.154 e. The second-order valence-corrected chi connectivity index (χ2v) is 3.51. The van der Waals surface area contributed by atoms with Gasteiger partial charge in [-0.25, -0.2) is 4.39 Å². The molecule has 0 aliphatic carbocycles. The van der Waals surface area contributed by atoms with Crippen molar-refractivity contribution in [2.45, 2.75) is 20.3 Å². The quantitative estimate of drug-likeness (QED) is 0.706. The molecule has 2 nitrogen and oxygen atoms in total. The van der Waals surface area contributed by atoms with Gasteiger partial charge in [0.2, 0.25) is 0 Å². The lowest BCUT2D eigenvalue weighted by atomic mass is 10.1. The Hall–Kier alpha value is -1.64. The second kappa shape index (κ2) is 3.50. The van der Waals surface area contributed by atoms with Gasteiger partial charge < -0.3 is 4.42 Å². The van der Waals surface area contributed by atoms with Crippen LogP contribution in [0.25, 0.3) is 11.0 Å². The van der Waals surface area contributed by atoms with E-state index < -0.39 is 0 Å². The van der Waals surface area contributed by atoms with Gasteiger partial charge >= 0.3 is 0 Å². The monoisotopic (exact) mass is 206 g/mol. The van der Waals surface area contributed by atoms with E-state index in [2.05, 4.69) is 0 Å². The molecule has 0 atom stereocenters. The van der Waals surface area contributed by atoms with E-state index in [4.69, 9.17) is 4.42 Å². The fraction of sp³-hybridized carbons (Fsp3) is 0.250. The van der Waals surface area contributed by atoms with Crippen LogP contribution in [0.2, 0.25) is 0 Å². The van der Waals surface area contributed by atoms with Crippen LogP contribution in [0.1, 0.15) is 28.6 Å². The third kappa shape index (κ3) is 1.44. The van der Waals surface area contributed by atoms with Crippen LogP contribution in [0, 0.1) is 12.7 Å². The number of halogens is 1. The van der Waals surface area contributed by atoms with Crippen LogP contribution in [-0.2, 0) is 6.42 Å². The highest BCUT2D eigenvalue weighted by Gasteiger charge is 2.14. The Morgan fingerprint density at radius 3 is 2.80 bits per heavy atom. The second-order valence-electron chi connectivity index (χ2n) is 3.51. The molecule has 0 radical (unpaired) electrons. The minimum atomic E-state index is -0.341. The highest BCUT2D eigenvalue weighted by atomic mass is 19.1. The lowest BCUT2D eigenvalue weighted by Crippen LogP contribution is -1.85. The van der Waals surface area contributed by atoms with Crippen LogP contribution in [0.3, 0.4) is 0 Å². The summed E-state index contributed by atoms with van der Waals surface area (Å²) < 4.78 is 18.7. The molecule has 1 aromatic heterocycles. The fourth-order valence-corrected chi connectivity index (χ4v) is 1.79. The normalized spacial score (nSPS) is 10.9. The van der Waals surface area contributed by atoms with Crippen LogP contribution in [0.5, 0.6) is 0 Å². The molecule has 0 aliphatic rings. The minimum absolute atomic E-state index is 0.341. The molecule has 78 valence electrons. The minimum Gasteiger partial charge on any atom is -0.460 e. The molecule has 15 heavy (non-hydrogen) atoms. The van der Waals surface area contributed by atoms with Crippen molar-refractivity contribution >= 4 is 17.3 Å². The number of fused-ring (bicyclic) bond motifs is 1. The standard InChI is InChI=1S/C12H11FO2/c1-3-11-10(6-14)9-5-8(13)4-7(2)12(9)15-11/h4-6H,3H2,1-2H3. The van der Waals surface area contributed by atoms with Crippen molar-refractivity contribution in [3.63, 3.8) is 0 Å². The van der Waals surface area contributed by atoms with Crippen LogP contribution < -0.4 is 0 Å². The summed E-state index contributed by atoms with van der Waals surface area (Å²) in [6.45, 7) is 3.67. The van der Waals surface area contributed by atoms with Gasteiger partial charge in [-0.1, -0.05) is 6.92 Å². The number of carbonyl (C=O) groups excluding carboxylic acids is 1.